The summed E-state index contributed by atoms with van der Waals surface area (Å²) in [5.41, 5.74) is 9.91. The fourth-order valence-corrected chi connectivity index (χ4v) is 14.2. The van der Waals surface area contributed by atoms with Gasteiger partial charge < -0.3 is 24.8 Å². The van der Waals surface area contributed by atoms with Gasteiger partial charge >= 0.3 is 41.9 Å². The van der Waals surface area contributed by atoms with Crippen LogP contribution in [0.5, 0.6) is 0 Å². The minimum atomic E-state index is -1.26. The molecule has 0 heterocycles. The molecule has 8 rings (SSSR count). The molecule has 368 valence electrons. The molecule has 0 amide bonds. The Morgan fingerprint density at radius 1 is 0.485 bits per heavy atom. The van der Waals surface area contributed by atoms with Crippen LogP contribution in [-0.4, -0.2) is 21.6 Å². The van der Waals surface area contributed by atoms with Gasteiger partial charge in [0.15, 0.2) is 0 Å². The van der Waals surface area contributed by atoms with Crippen LogP contribution in [0.2, 0.25) is 52.4 Å². The van der Waals surface area contributed by atoms with Crippen LogP contribution in [0, 0.1) is 10.8 Å². The second-order valence-corrected chi connectivity index (χ2v) is 42.9. The van der Waals surface area contributed by atoms with Gasteiger partial charge in [-0.25, -0.2) is 0 Å². The van der Waals surface area contributed by atoms with E-state index < -0.39 is 16.1 Å². The van der Waals surface area contributed by atoms with E-state index in [0.29, 0.717) is 10.8 Å². The van der Waals surface area contributed by atoms with Gasteiger partial charge in [-0.15, -0.1) is 69.1 Å². The molecule has 0 bridgehead atoms. The molecule has 0 nitrogen and oxygen atoms in total. The maximum absolute atomic E-state index is 2.52. The first kappa shape index (κ1) is 58.8. The molecule has 68 heavy (non-hydrogen) atoms. The smallest absolute Gasteiger partial charge is 1.00 e. The Morgan fingerprint density at radius 3 is 1.09 bits per heavy atom. The van der Waals surface area contributed by atoms with Gasteiger partial charge in [0.2, 0.25) is 0 Å². The maximum Gasteiger partial charge on any atom is -1.00 e. The largest absolute Gasteiger partial charge is 1.00 e. The third-order valence-corrected chi connectivity index (χ3v) is 19.4. The average molecular weight is 1080 g/mol. The Labute approximate surface area is 446 Å². The van der Waals surface area contributed by atoms with Crippen molar-refractivity contribution in [3.63, 3.8) is 0 Å². The van der Waals surface area contributed by atoms with Crippen molar-refractivity contribution in [3.8, 4) is 22.3 Å². The Balaban J connectivity index is 0.000000268. The Kier molecular flexibility index (Phi) is 23.6. The molecule has 0 radical (unpaired) electrons. The molecular weight excluding hydrogens is 991 g/mol. The molecule has 0 aromatic heterocycles. The second kappa shape index (κ2) is 27.3. The molecule has 0 unspecified atom stereocenters. The summed E-state index contributed by atoms with van der Waals surface area (Å²) in [4.78, 5) is 0. The van der Waals surface area contributed by atoms with E-state index >= 15 is 0 Å². The van der Waals surface area contributed by atoms with Gasteiger partial charge in [-0.3, -0.25) is 0 Å². The summed E-state index contributed by atoms with van der Waals surface area (Å²) in [6, 6.07) is 42.6. The van der Waals surface area contributed by atoms with Crippen LogP contribution >= 0.6 is 0 Å². The normalized spacial score (nSPS) is 16.3. The van der Waals surface area contributed by atoms with Gasteiger partial charge in [-0.05, 0) is 73.3 Å². The van der Waals surface area contributed by atoms with Crippen LogP contribution in [0.3, 0.4) is 0 Å². The topological polar surface area (TPSA) is 0 Å². The summed E-state index contributed by atoms with van der Waals surface area (Å²) >= 11 is 1.74. The first-order valence-electron chi connectivity index (χ1n) is 26.6. The molecule has 0 spiro atoms. The van der Waals surface area contributed by atoms with Gasteiger partial charge in [0.25, 0.3) is 0 Å². The van der Waals surface area contributed by atoms with Gasteiger partial charge in [-0.1, -0.05) is 212 Å². The fraction of sp³-hybridized carbons (Fsp3) is 0.516. The van der Waals surface area contributed by atoms with Crippen LogP contribution in [0.4, 0.5) is 0 Å². The van der Waals surface area contributed by atoms with Crippen LogP contribution in [0.25, 0.3) is 43.8 Å². The van der Waals surface area contributed by atoms with E-state index in [4.69, 9.17) is 0 Å². The fourth-order valence-electron chi connectivity index (χ4n) is 11.9. The van der Waals surface area contributed by atoms with E-state index in [-0.39, 0.29) is 30.2 Å². The molecule has 2 aliphatic rings. The number of halogens is 2. The number of hydrogen-bond donors (Lipinski definition) is 0. The number of hydrogen-bond acceptors (Lipinski definition) is 0. The molecule has 6 aromatic rings. The van der Waals surface area contributed by atoms with Gasteiger partial charge in [-0.2, -0.15) is 12.1 Å². The average Bonchev–Trinajstić information content (AvgIpc) is 3.86. The number of rotatable bonds is 12. The van der Waals surface area contributed by atoms with Crippen molar-refractivity contribution in [2.24, 2.45) is 10.8 Å². The van der Waals surface area contributed by atoms with Crippen LogP contribution < -0.4 is 35.2 Å². The molecular formula is C62H88Cl2Si3Zr-2. The minimum Gasteiger partial charge on any atom is -1.00 e. The predicted octanol–water partition coefficient (Wildman–Crippen LogP) is 12.5. The van der Waals surface area contributed by atoms with E-state index in [1.165, 1.54) is 183 Å². The van der Waals surface area contributed by atoms with E-state index in [2.05, 4.69) is 175 Å². The Morgan fingerprint density at radius 2 is 0.794 bits per heavy atom. The first-order chi connectivity index (χ1) is 31.5. The van der Waals surface area contributed by atoms with E-state index in [0.717, 1.165) is 0 Å². The van der Waals surface area contributed by atoms with Crippen LogP contribution in [0.15, 0.2) is 109 Å². The van der Waals surface area contributed by atoms with Gasteiger partial charge in [0.05, 0.1) is 16.1 Å². The zero-order valence-corrected chi connectivity index (χ0v) is 51.3. The maximum atomic E-state index is 2.52. The third kappa shape index (κ3) is 16.6. The summed E-state index contributed by atoms with van der Waals surface area (Å²) in [6.07, 6.45) is 28.0. The van der Waals surface area contributed by atoms with Crippen LogP contribution in [0.1, 0.15) is 141 Å². The van der Waals surface area contributed by atoms with E-state index in [9.17, 15) is 0 Å². The van der Waals surface area contributed by atoms with Crippen molar-refractivity contribution in [1.29, 1.82) is 0 Å². The summed E-state index contributed by atoms with van der Waals surface area (Å²) in [6.45, 7) is 23.9. The SMILES string of the molecule is CCCC1(Cc2cc3c(-c4ccc([Si](C)(C)C)cc4)cccc3[cH-]2)CCCCCCC1.CCCC1(Cc2cc3c(-c4ccc([Si](C)(C)C)cc4)cccc3[cH-]2)CCCCCCC1.C[Si](C)=[Zr+2].[Cl-].[Cl-]. The van der Waals surface area contributed by atoms with Crippen molar-refractivity contribution < 1.29 is 48.1 Å². The second-order valence-electron chi connectivity index (χ2n) is 23.4. The quantitative estimate of drug-likeness (QED) is 0.0846. The summed E-state index contributed by atoms with van der Waals surface area (Å²) < 4.78 is 0. The van der Waals surface area contributed by atoms with Crippen molar-refractivity contribution in [1.82, 2.24) is 0 Å². The molecule has 6 heteroatoms. The molecule has 0 aliphatic heterocycles. The van der Waals surface area contributed by atoms with Gasteiger partial charge in [0, 0.05) is 0 Å². The minimum absolute atomic E-state index is 0. The molecule has 2 saturated carbocycles. The molecule has 2 fully saturated rings. The van der Waals surface area contributed by atoms with Crippen LogP contribution in [-0.2, 0) is 36.2 Å². The summed E-state index contributed by atoms with van der Waals surface area (Å²) in [7, 11) is -2.51. The van der Waals surface area contributed by atoms with Crippen molar-refractivity contribution in [2.75, 3.05) is 0 Å². The Hall–Kier alpha value is -1.79. The summed E-state index contributed by atoms with van der Waals surface area (Å²) in [5.74, 6) is 0. The predicted molar refractivity (Wildman–Crippen MR) is 300 cm³/mol. The molecule has 0 saturated heterocycles. The van der Waals surface area contributed by atoms with Gasteiger partial charge in [0.1, 0.15) is 0 Å². The standard InChI is InChI=1S/2C30H41Si.C2H6Si.2ClH.Zr/c2*1-5-18-30(19-9-7-6-8-10-20-30)23-24-21-26-12-11-13-28(29(26)22-24)25-14-16-27(17-15-25)31(2,3)4;1-3-2;;;/h2*11-17,21-22H,5-10,18-20,23H2,1-4H3;1-2H3;2*1H;/q2*-1;;;;+2/p-2. The van der Waals surface area contributed by atoms with E-state index in [1.807, 2.05) is 0 Å². The zero-order chi connectivity index (χ0) is 47.4. The zero-order valence-electron chi connectivity index (χ0n) is 44.3. The molecule has 6 aromatic carbocycles. The Bertz CT molecular complexity index is 2240. The van der Waals surface area contributed by atoms with Crippen molar-refractivity contribution >= 4 is 53.5 Å². The molecule has 2 aliphatic carbocycles. The monoisotopic (exact) mass is 1080 g/mol. The molecule has 0 N–H and O–H groups in total. The number of fused-ring (bicyclic) bond motifs is 2. The number of benzene rings is 4. The van der Waals surface area contributed by atoms with Crippen molar-refractivity contribution in [2.45, 2.75) is 195 Å². The van der Waals surface area contributed by atoms with Crippen molar-refractivity contribution in [3.05, 3.63) is 120 Å². The third-order valence-electron chi connectivity index (χ3n) is 15.3. The van der Waals surface area contributed by atoms with E-state index in [1.54, 1.807) is 34.5 Å². The first-order valence-corrected chi connectivity index (χ1v) is 39.8. The summed E-state index contributed by atoms with van der Waals surface area (Å²) in [5, 5.41) is 8.79. The molecule has 0 atom stereocenters.